The highest BCUT2D eigenvalue weighted by atomic mass is 32.2. The largest absolute Gasteiger partial charge is 0.471 e. The number of benzene rings is 4. The lowest BCUT2D eigenvalue weighted by Crippen LogP contribution is -2.46. The second-order valence-corrected chi connectivity index (χ2v) is 18.2. The molecule has 2 fully saturated rings. The number of amides is 1. The number of hydrogen-bond acceptors (Lipinski definition) is 8. The molecule has 62 heavy (non-hydrogen) atoms. The minimum absolute atomic E-state index is 0.0275. The number of hydrogen-bond donors (Lipinski definition) is 2. The van der Waals surface area contributed by atoms with Gasteiger partial charge in [-0.2, -0.15) is 38.6 Å². The molecule has 0 aliphatic carbocycles. The Morgan fingerprint density at radius 3 is 1.34 bits per heavy atom. The molecule has 0 radical (unpaired) electrons. The summed E-state index contributed by atoms with van der Waals surface area (Å²) in [6.45, 7) is -0.0682. The number of nitrogens with one attached hydrogen (secondary N) is 1. The monoisotopic (exact) mass is 906 g/mol. The van der Waals surface area contributed by atoms with Crippen LogP contribution in [0, 0.1) is 11.6 Å². The van der Waals surface area contributed by atoms with Crippen LogP contribution in [0.3, 0.4) is 0 Å². The van der Waals surface area contributed by atoms with Gasteiger partial charge in [-0.3, -0.25) is 23.0 Å². The van der Waals surface area contributed by atoms with Crippen molar-refractivity contribution in [3.63, 3.8) is 0 Å². The van der Waals surface area contributed by atoms with Gasteiger partial charge in [0.15, 0.2) is 11.6 Å². The first-order valence-electron chi connectivity index (χ1n) is 19.8. The van der Waals surface area contributed by atoms with Gasteiger partial charge in [0.1, 0.15) is 11.6 Å². The van der Waals surface area contributed by atoms with Crippen LogP contribution in [0.5, 0.6) is 0 Å². The molecule has 2 saturated heterocycles. The van der Waals surface area contributed by atoms with Gasteiger partial charge in [0.25, 0.3) is 0 Å². The van der Waals surface area contributed by atoms with Crippen LogP contribution in [0.15, 0.2) is 97.1 Å². The predicted octanol–water partition coefficient (Wildman–Crippen LogP) is 6.13. The highest BCUT2D eigenvalue weighted by Crippen LogP contribution is 2.28. The fourth-order valence-corrected chi connectivity index (χ4v) is 10.1. The number of halogens is 5. The molecule has 0 bridgehead atoms. The number of carbonyl (C=O) groups is 3. The second kappa shape index (κ2) is 21.2. The summed E-state index contributed by atoms with van der Waals surface area (Å²) in [4.78, 5) is 34.6. The molecule has 0 spiro atoms. The molecule has 4 aromatic rings. The molecule has 0 aromatic heterocycles. The van der Waals surface area contributed by atoms with Crippen molar-refractivity contribution in [2.45, 2.75) is 57.8 Å². The van der Waals surface area contributed by atoms with Crippen LogP contribution in [0.1, 0.15) is 70.4 Å². The van der Waals surface area contributed by atoms with Crippen molar-refractivity contribution < 1.29 is 53.2 Å². The Hall–Kier alpha value is -5.28. The summed E-state index contributed by atoms with van der Waals surface area (Å²) < 4.78 is 125. The first-order valence-corrected chi connectivity index (χ1v) is 22.6. The van der Waals surface area contributed by atoms with Gasteiger partial charge in [-0.1, -0.05) is 73.5 Å². The lowest BCUT2D eigenvalue weighted by atomic mass is 10.1. The van der Waals surface area contributed by atoms with E-state index in [0.29, 0.717) is 37.6 Å². The van der Waals surface area contributed by atoms with Gasteiger partial charge >= 0.3 is 32.5 Å². The van der Waals surface area contributed by atoms with Crippen molar-refractivity contribution in [2.75, 3.05) is 47.9 Å². The Morgan fingerprint density at radius 1 is 0.597 bits per heavy atom. The zero-order valence-corrected chi connectivity index (χ0v) is 35.2. The van der Waals surface area contributed by atoms with Crippen LogP contribution in [0.4, 0.5) is 33.3 Å². The van der Waals surface area contributed by atoms with Gasteiger partial charge in [-0.15, -0.1) is 0 Å². The number of piperidine rings is 2. The zero-order chi connectivity index (χ0) is 45.1. The molecule has 0 atom stereocenters. The fraction of sp³-hybridized carbons (Fsp3) is 0.357. The number of ketones is 2. The first kappa shape index (κ1) is 47.8. The molecule has 1 amide bonds. The number of carbonyl (C=O) groups excluding carboxylic acids is 3. The van der Waals surface area contributed by atoms with E-state index in [2.05, 4.69) is 0 Å². The minimum Gasteiger partial charge on any atom is -0.341 e. The topological polar surface area (TPSA) is 170 Å². The molecule has 20 heteroatoms. The quantitative estimate of drug-likeness (QED) is 0.106. The van der Waals surface area contributed by atoms with Crippen LogP contribution in [-0.2, 0) is 38.3 Å². The molecule has 0 unspecified atom stereocenters. The Bertz CT molecular complexity index is 2400. The summed E-state index contributed by atoms with van der Waals surface area (Å²) in [6.07, 6.45) is -0.155. The maximum absolute atomic E-state index is 14.9. The molecular formula is C42H47F5N6O7S2. The van der Waals surface area contributed by atoms with Crippen LogP contribution in [0.2, 0.25) is 0 Å². The smallest absolute Gasteiger partial charge is 0.341 e. The van der Waals surface area contributed by atoms with Crippen molar-refractivity contribution in [2.24, 2.45) is 5.73 Å². The molecular weight excluding hydrogens is 860 g/mol. The summed E-state index contributed by atoms with van der Waals surface area (Å²) >= 11 is 0. The zero-order valence-electron chi connectivity index (χ0n) is 33.6. The number of para-hydroxylation sites is 2. The standard InChI is InChI=1S/C22H23F4N3O4S.C20H24FN3O3S/c23-19-13-16(20(30)14-27-21(31)22(24,25)26)9-10-17(19)15-29(18-7-3-1-4-8-18)34(32,33)28-11-5-2-6-12-28;21-19-13-16(20(25)14-22)9-10-17(19)15-24(18-7-3-1-4-8-18)28(26,27)23-11-5-2-6-12-23/h1,3-4,7-10,13H,2,5-6,11-12,14-15H2,(H,27,31);1,3-4,7-10,13H,2,5-6,11-12,14-15,22H2. The Labute approximate surface area is 357 Å². The van der Waals surface area contributed by atoms with Crippen molar-refractivity contribution in [3.05, 3.63) is 131 Å². The van der Waals surface area contributed by atoms with Gasteiger partial charge in [0, 0.05) is 48.4 Å². The van der Waals surface area contributed by atoms with E-state index in [0.717, 1.165) is 55.0 Å². The van der Waals surface area contributed by atoms with E-state index < -0.39 is 56.5 Å². The maximum atomic E-state index is 14.9. The van der Waals surface area contributed by atoms with Crippen LogP contribution < -0.4 is 19.7 Å². The van der Waals surface area contributed by atoms with Crippen LogP contribution in [-0.4, -0.2) is 88.4 Å². The normalized spacial score (nSPS) is 15.2. The van der Waals surface area contributed by atoms with Gasteiger partial charge in [0.05, 0.1) is 37.6 Å². The van der Waals surface area contributed by atoms with E-state index in [-0.39, 0.29) is 47.7 Å². The highest BCUT2D eigenvalue weighted by Gasteiger charge is 2.39. The molecule has 2 heterocycles. The van der Waals surface area contributed by atoms with E-state index in [9.17, 15) is 53.2 Å². The van der Waals surface area contributed by atoms with Crippen LogP contribution in [0.25, 0.3) is 0 Å². The molecule has 2 aliphatic rings. The van der Waals surface area contributed by atoms with Gasteiger partial charge in [-0.25, -0.2) is 8.78 Å². The average molecular weight is 907 g/mol. The van der Waals surface area contributed by atoms with E-state index in [1.807, 2.05) is 0 Å². The minimum atomic E-state index is -5.14. The molecule has 3 N–H and O–H groups in total. The third-order valence-corrected chi connectivity index (χ3v) is 14.0. The van der Waals surface area contributed by atoms with Crippen LogP contribution >= 0.6 is 0 Å². The number of nitrogens with zero attached hydrogens (tertiary/aromatic N) is 4. The molecule has 0 saturated carbocycles. The molecule has 13 nitrogen and oxygen atoms in total. The van der Waals surface area contributed by atoms with E-state index >= 15 is 0 Å². The Balaban J connectivity index is 0.000000238. The van der Waals surface area contributed by atoms with Gasteiger partial charge in [0.2, 0.25) is 0 Å². The summed E-state index contributed by atoms with van der Waals surface area (Å²) in [5, 5.41) is 1.44. The van der Waals surface area contributed by atoms with Crippen molar-refractivity contribution in [1.82, 2.24) is 13.9 Å². The third kappa shape index (κ3) is 12.2. The Kier molecular flexibility index (Phi) is 16.3. The molecule has 2 aliphatic heterocycles. The van der Waals surface area contributed by atoms with Crippen molar-refractivity contribution in [3.8, 4) is 0 Å². The predicted molar refractivity (Wildman–Crippen MR) is 224 cm³/mol. The van der Waals surface area contributed by atoms with E-state index in [1.165, 1.54) is 42.5 Å². The van der Waals surface area contributed by atoms with E-state index in [1.54, 1.807) is 60.7 Å². The fourth-order valence-electron chi connectivity index (χ4n) is 6.76. The molecule has 4 aromatic carbocycles. The summed E-state index contributed by atoms with van der Waals surface area (Å²) in [5.41, 5.74) is 6.21. The number of rotatable bonds is 15. The van der Waals surface area contributed by atoms with E-state index in [4.69, 9.17) is 5.73 Å². The Morgan fingerprint density at radius 2 is 0.984 bits per heavy atom. The number of Topliss-reactive ketones (excluding diaryl/α,β-unsaturated/α-hetero) is 2. The molecule has 334 valence electrons. The van der Waals surface area contributed by atoms with Gasteiger partial charge in [-0.05, 0) is 62.1 Å². The first-order chi connectivity index (χ1) is 29.4. The lowest BCUT2D eigenvalue weighted by Gasteiger charge is -2.33. The highest BCUT2D eigenvalue weighted by molar-refractivity contribution is 7.90. The summed E-state index contributed by atoms with van der Waals surface area (Å²) in [6, 6.07) is 24.1. The van der Waals surface area contributed by atoms with Crippen molar-refractivity contribution >= 4 is 49.3 Å². The number of anilines is 2. The molecule has 6 rings (SSSR count). The SMILES string of the molecule is NCC(=O)c1ccc(CN(c2ccccc2)S(=O)(=O)N2CCCCC2)c(F)c1.O=C(CNC(=O)C(F)(F)F)c1ccc(CN(c2ccccc2)S(=O)(=O)N2CCCCC2)c(F)c1. The summed E-state index contributed by atoms with van der Waals surface area (Å²) in [5.74, 6) is -5.11. The average Bonchev–Trinajstić information content (AvgIpc) is 3.27. The maximum Gasteiger partial charge on any atom is 0.471 e. The third-order valence-electron chi connectivity index (χ3n) is 10.2. The lowest BCUT2D eigenvalue weighted by molar-refractivity contribution is -0.173. The van der Waals surface area contributed by atoms with Crippen molar-refractivity contribution in [1.29, 1.82) is 0 Å². The number of nitrogens with two attached hydrogens (primary N) is 1. The second-order valence-electron chi connectivity index (χ2n) is 14.5. The van der Waals surface area contributed by atoms with Gasteiger partial charge < -0.3 is 11.1 Å². The summed E-state index contributed by atoms with van der Waals surface area (Å²) in [7, 11) is -7.78. The number of alkyl halides is 3.